The number of furan rings is 1. The predicted molar refractivity (Wildman–Crippen MR) is 72.6 cm³/mol. The number of aliphatic hydroxyl groups is 1. The molecule has 1 unspecified atom stereocenters. The van der Waals surface area contributed by atoms with E-state index in [0.717, 1.165) is 27.3 Å². The van der Waals surface area contributed by atoms with Crippen LogP contribution >= 0.6 is 15.9 Å². The standard InChI is InChI=1S/C13H17BrN2O2/c1-7(2)16-12(11(14)6-15-16)13(17)10-5-8(3)18-9(10)4/h5-7,13,17H,1-4H3. The van der Waals surface area contributed by atoms with Gasteiger partial charge in [-0.15, -0.1) is 0 Å². The van der Waals surface area contributed by atoms with Crippen LogP contribution in [0.5, 0.6) is 0 Å². The Morgan fingerprint density at radius 2 is 2.06 bits per heavy atom. The SMILES string of the molecule is Cc1cc(C(O)c2c(Br)cnn2C(C)C)c(C)o1. The molecule has 98 valence electrons. The van der Waals surface area contributed by atoms with Crippen LogP contribution in [0, 0.1) is 13.8 Å². The fourth-order valence-corrected chi connectivity index (χ4v) is 2.58. The zero-order chi connectivity index (χ0) is 13.4. The van der Waals surface area contributed by atoms with Crippen molar-refractivity contribution in [2.45, 2.75) is 39.8 Å². The van der Waals surface area contributed by atoms with Gasteiger partial charge in [-0.3, -0.25) is 4.68 Å². The molecule has 0 saturated carbocycles. The van der Waals surface area contributed by atoms with Crippen LogP contribution in [0.3, 0.4) is 0 Å². The van der Waals surface area contributed by atoms with E-state index in [2.05, 4.69) is 21.0 Å². The van der Waals surface area contributed by atoms with Gasteiger partial charge in [-0.2, -0.15) is 5.10 Å². The van der Waals surface area contributed by atoms with Crippen LogP contribution in [-0.4, -0.2) is 14.9 Å². The molecule has 0 aliphatic rings. The second kappa shape index (κ2) is 4.90. The molecule has 18 heavy (non-hydrogen) atoms. The molecule has 5 heteroatoms. The minimum atomic E-state index is -0.735. The third kappa shape index (κ3) is 2.24. The molecule has 0 aromatic carbocycles. The van der Waals surface area contributed by atoms with E-state index in [1.165, 1.54) is 0 Å². The van der Waals surface area contributed by atoms with Crippen LogP contribution in [0.2, 0.25) is 0 Å². The van der Waals surface area contributed by atoms with Crippen molar-refractivity contribution in [1.29, 1.82) is 0 Å². The fourth-order valence-electron chi connectivity index (χ4n) is 2.09. The number of nitrogens with zero attached hydrogens (tertiary/aromatic N) is 2. The van der Waals surface area contributed by atoms with E-state index < -0.39 is 6.10 Å². The third-order valence-electron chi connectivity index (χ3n) is 2.91. The van der Waals surface area contributed by atoms with Crippen molar-refractivity contribution in [3.05, 3.63) is 39.5 Å². The van der Waals surface area contributed by atoms with E-state index in [9.17, 15) is 5.11 Å². The Hall–Kier alpha value is -1.07. The maximum Gasteiger partial charge on any atom is 0.125 e. The van der Waals surface area contributed by atoms with E-state index in [0.29, 0.717) is 0 Å². The van der Waals surface area contributed by atoms with E-state index in [1.54, 1.807) is 6.20 Å². The van der Waals surface area contributed by atoms with Crippen molar-refractivity contribution in [1.82, 2.24) is 9.78 Å². The normalized spacial score (nSPS) is 13.3. The van der Waals surface area contributed by atoms with E-state index in [1.807, 2.05) is 38.4 Å². The lowest BCUT2D eigenvalue weighted by molar-refractivity contribution is 0.202. The Labute approximate surface area is 115 Å². The summed E-state index contributed by atoms with van der Waals surface area (Å²) >= 11 is 3.44. The first-order chi connectivity index (χ1) is 8.41. The zero-order valence-corrected chi connectivity index (χ0v) is 12.5. The molecular weight excluding hydrogens is 296 g/mol. The molecule has 0 saturated heterocycles. The first kappa shape index (κ1) is 13.4. The average Bonchev–Trinajstić information content (AvgIpc) is 2.81. The largest absolute Gasteiger partial charge is 0.466 e. The summed E-state index contributed by atoms with van der Waals surface area (Å²) in [5.74, 6) is 1.54. The molecule has 2 aromatic rings. The number of hydrogen-bond acceptors (Lipinski definition) is 3. The lowest BCUT2D eigenvalue weighted by Crippen LogP contribution is -2.12. The van der Waals surface area contributed by atoms with Gasteiger partial charge >= 0.3 is 0 Å². The minimum Gasteiger partial charge on any atom is -0.466 e. The van der Waals surface area contributed by atoms with Crippen LogP contribution in [0.15, 0.2) is 21.2 Å². The number of hydrogen-bond donors (Lipinski definition) is 1. The first-order valence-corrected chi connectivity index (χ1v) is 6.69. The number of aliphatic hydroxyl groups excluding tert-OH is 1. The van der Waals surface area contributed by atoms with E-state index in [4.69, 9.17) is 4.42 Å². The van der Waals surface area contributed by atoms with Gasteiger partial charge in [0.25, 0.3) is 0 Å². The Kier molecular flexibility index (Phi) is 3.64. The van der Waals surface area contributed by atoms with Gasteiger partial charge < -0.3 is 9.52 Å². The monoisotopic (exact) mass is 312 g/mol. The van der Waals surface area contributed by atoms with Crippen LogP contribution in [-0.2, 0) is 0 Å². The second-order valence-electron chi connectivity index (χ2n) is 4.69. The number of aryl methyl sites for hydroxylation is 2. The summed E-state index contributed by atoms with van der Waals surface area (Å²) in [4.78, 5) is 0. The Balaban J connectivity index is 2.48. The summed E-state index contributed by atoms with van der Waals surface area (Å²) in [5, 5.41) is 14.8. The Bertz CT molecular complexity index is 557. The molecule has 0 aliphatic carbocycles. The molecule has 0 spiro atoms. The number of rotatable bonds is 3. The minimum absolute atomic E-state index is 0.189. The summed E-state index contributed by atoms with van der Waals surface area (Å²) in [6.07, 6.45) is 0.975. The van der Waals surface area contributed by atoms with Crippen LogP contribution in [0.4, 0.5) is 0 Å². The average molecular weight is 313 g/mol. The molecule has 0 bridgehead atoms. The summed E-state index contributed by atoms with van der Waals surface area (Å²) in [5.41, 5.74) is 1.55. The summed E-state index contributed by atoms with van der Waals surface area (Å²) < 4.78 is 8.09. The molecule has 2 rings (SSSR count). The van der Waals surface area contributed by atoms with Gasteiger partial charge in [0, 0.05) is 11.6 Å². The number of halogens is 1. The highest BCUT2D eigenvalue weighted by Gasteiger charge is 2.24. The smallest absolute Gasteiger partial charge is 0.125 e. The highest BCUT2D eigenvalue weighted by Crippen LogP contribution is 2.32. The lowest BCUT2D eigenvalue weighted by Gasteiger charge is -2.16. The van der Waals surface area contributed by atoms with Crippen molar-refractivity contribution in [3.8, 4) is 0 Å². The van der Waals surface area contributed by atoms with Crippen LogP contribution in [0.1, 0.15) is 48.8 Å². The first-order valence-electron chi connectivity index (χ1n) is 5.89. The molecule has 0 radical (unpaired) electrons. The van der Waals surface area contributed by atoms with Crippen LogP contribution < -0.4 is 0 Å². The second-order valence-corrected chi connectivity index (χ2v) is 5.54. The van der Waals surface area contributed by atoms with Crippen molar-refractivity contribution in [2.75, 3.05) is 0 Å². The van der Waals surface area contributed by atoms with Crippen LogP contribution in [0.25, 0.3) is 0 Å². The molecule has 0 fully saturated rings. The van der Waals surface area contributed by atoms with Crippen molar-refractivity contribution in [2.24, 2.45) is 0 Å². The highest BCUT2D eigenvalue weighted by molar-refractivity contribution is 9.10. The van der Waals surface area contributed by atoms with Crippen molar-refractivity contribution >= 4 is 15.9 Å². The lowest BCUT2D eigenvalue weighted by atomic mass is 10.1. The van der Waals surface area contributed by atoms with Gasteiger partial charge in [-0.05, 0) is 49.7 Å². The highest BCUT2D eigenvalue weighted by atomic mass is 79.9. The molecule has 0 amide bonds. The van der Waals surface area contributed by atoms with E-state index >= 15 is 0 Å². The third-order valence-corrected chi connectivity index (χ3v) is 3.52. The van der Waals surface area contributed by atoms with Crippen molar-refractivity contribution in [3.63, 3.8) is 0 Å². The maximum absolute atomic E-state index is 10.5. The molecular formula is C13H17BrN2O2. The molecule has 0 aliphatic heterocycles. The van der Waals surface area contributed by atoms with Gasteiger partial charge in [0.05, 0.1) is 16.4 Å². The molecule has 4 nitrogen and oxygen atoms in total. The summed E-state index contributed by atoms with van der Waals surface area (Å²) in [6.45, 7) is 7.79. The quantitative estimate of drug-likeness (QED) is 0.943. The molecule has 1 atom stereocenters. The van der Waals surface area contributed by atoms with E-state index in [-0.39, 0.29) is 6.04 Å². The Morgan fingerprint density at radius 1 is 1.39 bits per heavy atom. The summed E-state index contributed by atoms with van der Waals surface area (Å²) in [6, 6.07) is 2.05. The predicted octanol–water partition coefficient (Wildman–Crippen LogP) is 3.52. The number of aromatic nitrogens is 2. The fraction of sp³-hybridized carbons (Fsp3) is 0.462. The van der Waals surface area contributed by atoms with Gasteiger partial charge in [0.1, 0.15) is 17.6 Å². The van der Waals surface area contributed by atoms with Gasteiger partial charge in [0.2, 0.25) is 0 Å². The zero-order valence-electron chi connectivity index (χ0n) is 10.9. The van der Waals surface area contributed by atoms with Gasteiger partial charge in [0.15, 0.2) is 0 Å². The Morgan fingerprint density at radius 3 is 2.56 bits per heavy atom. The maximum atomic E-state index is 10.5. The topological polar surface area (TPSA) is 51.2 Å². The van der Waals surface area contributed by atoms with Gasteiger partial charge in [-0.25, -0.2) is 0 Å². The molecule has 2 heterocycles. The molecule has 1 N–H and O–H groups in total. The van der Waals surface area contributed by atoms with Gasteiger partial charge in [-0.1, -0.05) is 0 Å². The molecule has 2 aromatic heterocycles. The summed E-state index contributed by atoms with van der Waals surface area (Å²) in [7, 11) is 0. The van der Waals surface area contributed by atoms with Crippen molar-refractivity contribution < 1.29 is 9.52 Å².